The minimum Gasteiger partial charge on any atom is -0.497 e. The van der Waals surface area contributed by atoms with Gasteiger partial charge in [0.2, 0.25) is 0 Å². The SMILES string of the molecule is COc1ccc(C(SO[C@H]2CCCC[C@H]2O)(c2ccccc2)c2ccccc2)cc1. The molecule has 4 heteroatoms. The third kappa shape index (κ3) is 4.27. The van der Waals surface area contributed by atoms with Crippen LogP contribution in [-0.4, -0.2) is 24.4 Å². The average Bonchev–Trinajstić information content (AvgIpc) is 2.82. The number of ether oxygens (including phenoxy) is 1. The average molecular weight is 421 g/mol. The van der Waals surface area contributed by atoms with Crippen LogP contribution in [0.4, 0.5) is 0 Å². The first kappa shape index (κ1) is 21.0. The van der Waals surface area contributed by atoms with Crippen LogP contribution in [0.2, 0.25) is 0 Å². The van der Waals surface area contributed by atoms with Gasteiger partial charge in [-0.25, -0.2) is 0 Å². The van der Waals surface area contributed by atoms with E-state index in [2.05, 4.69) is 60.7 Å². The second-order valence-electron chi connectivity index (χ2n) is 7.71. The summed E-state index contributed by atoms with van der Waals surface area (Å²) in [4.78, 5) is 0. The molecule has 156 valence electrons. The molecule has 0 saturated heterocycles. The highest BCUT2D eigenvalue weighted by Gasteiger charge is 2.40. The first-order valence-corrected chi connectivity index (χ1v) is 11.3. The monoisotopic (exact) mass is 420 g/mol. The molecule has 0 bridgehead atoms. The summed E-state index contributed by atoms with van der Waals surface area (Å²) in [6.45, 7) is 0. The first-order valence-electron chi connectivity index (χ1n) is 10.5. The summed E-state index contributed by atoms with van der Waals surface area (Å²) in [6, 6.07) is 29.1. The zero-order valence-electron chi connectivity index (χ0n) is 17.2. The molecule has 0 unspecified atom stereocenters. The number of benzene rings is 3. The molecule has 1 aliphatic rings. The second kappa shape index (κ2) is 9.69. The van der Waals surface area contributed by atoms with Crippen molar-refractivity contribution in [3.63, 3.8) is 0 Å². The topological polar surface area (TPSA) is 38.7 Å². The van der Waals surface area contributed by atoms with Crippen molar-refractivity contribution in [2.24, 2.45) is 0 Å². The molecule has 4 rings (SSSR count). The van der Waals surface area contributed by atoms with Gasteiger partial charge in [-0.15, -0.1) is 0 Å². The molecule has 2 atom stereocenters. The molecule has 0 spiro atoms. The lowest BCUT2D eigenvalue weighted by molar-refractivity contribution is 0.0173. The van der Waals surface area contributed by atoms with Crippen molar-refractivity contribution in [1.82, 2.24) is 0 Å². The number of methoxy groups -OCH3 is 1. The standard InChI is InChI=1S/C26H28O3S/c1-28-23-18-16-22(17-19-23)26(20-10-4-2-5-11-20,21-12-6-3-7-13-21)30-29-25-15-9-8-14-24(25)27/h2-7,10-13,16-19,24-25,27H,8-9,14-15H2,1H3/t24-,25+/m1/s1. The zero-order chi connectivity index (χ0) is 20.8. The van der Waals surface area contributed by atoms with Crippen LogP contribution in [-0.2, 0) is 8.93 Å². The summed E-state index contributed by atoms with van der Waals surface area (Å²) >= 11 is 1.45. The summed E-state index contributed by atoms with van der Waals surface area (Å²) < 4.78 is 11.2. The van der Waals surface area contributed by atoms with E-state index in [4.69, 9.17) is 8.92 Å². The fraction of sp³-hybridized carbons (Fsp3) is 0.308. The van der Waals surface area contributed by atoms with E-state index in [0.29, 0.717) is 0 Å². The van der Waals surface area contributed by atoms with Crippen LogP contribution in [0.15, 0.2) is 84.9 Å². The zero-order valence-corrected chi connectivity index (χ0v) is 18.1. The molecule has 0 aliphatic heterocycles. The molecule has 3 nitrogen and oxygen atoms in total. The van der Waals surface area contributed by atoms with Gasteiger partial charge in [0.15, 0.2) is 0 Å². The predicted molar refractivity (Wildman–Crippen MR) is 123 cm³/mol. The van der Waals surface area contributed by atoms with Gasteiger partial charge in [0, 0.05) is 12.0 Å². The molecule has 0 radical (unpaired) electrons. The lowest BCUT2D eigenvalue weighted by atomic mass is 9.84. The molecule has 30 heavy (non-hydrogen) atoms. The van der Waals surface area contributed by atoms with Gasteiger partial charge in [0.25, 0.3) is 0 Å². The van der Waals surface area contributed by atoms with Gasteiger partial charge in [-0.05, 0) is 41.7 Å². The van der Waals surface area contributed by atoms with Gasteiger partial charge >= 0.3 is 0 Å². The number of rotatable bonds is 7. The van der Waals surface area contributed by atoms with E-state index in [1.165, 1.54) is 12.0 Å². The van der Waals surface area contributed by atoms with Gasteiger partial charge in [-0.2, -0.15) is 0 Å². The van der Waals surface area contributed by atoms with E-state index in [1.54, 1.807) is 7.11 Å². The number of aliphatic hydroxyl groups excluding tert-OH is 1. The molecule has 1 N–H and O–H groups in total. The van der Waals surface area contributed by atoms with Crippen LogP contribution in [0.3, 0.4) is 0 Å². The molecule has 1 fully saturated rings. The Bertz CT molecular complexity index is 873. The third-order valence-electron chi connectivity index (χ3n) is 5.82. The highest BCUT2D eigenvalue weighted by atomic mass is 32.2. The van der Waals surface area contributed by atoms with Crippen LogP contribution in [0.25, 0.3) is 0 Å². The molecule has 0 amide bonds. The van der Waals surface area contributed by atoms with Crippen LogP contribution in [0, 0.1) is 0 Å². The summed E-state index contributed by atoms with van der Waals surface area (Å²) in [5, 5.41) is 10.5. The fourth-order valence-corrected chi connectivity index (χ4v) is 5.33. The highest BCUT2D eigenvalue weighted by molar-refractivity contribution is 7.96. The summed E-state index contributed by atoms with van der Waals surface area (Å²) in [5.41, 5.74) is 3.38. The van der Waals surface area contributed by atoms with Crippen molar-refractivity contribution in [2.45, 2.75) is 42.6 Å². The number of hydrogen-bond acceptors (Lipinski definition) is 4. The molecule has 1 saturated carbocycles. The van der Waals surface area contributed by atoms with Gasteiger partial charge in [0.05, 0.1) is 19.3 Å². The van der Waals surface area contributed by atoms with Crippen molar-refractivity contribution in [1.29, 1.82) is 0 Å². The van der Waals surface area contributed by atoms with E-state index in [-0.39, 0.29) is 6.10 Å². The van der Waals surface area contributed by atoms with Gasteiger partial charge < -0.3 is 14.0 Å². The Labute approximate surface area is 183 Å². The van der Waals surface area contributed by atoms with Crippen molar-refractivity contribution < 1.29 is 14.0 Å². The second-order valence-corrected chi connectivity index (χ2v) is 8.68. The van der Waals surface area contributed by atoms with Crippen molar-refractivity contribution in [3.8, 4) is 5.75 Å². The van der Waals surface area contributed by atoms with E-state index in [1.807, 2.05) is 24.3 Å². The summed E-state index contributed by atoms with van der Waals surface area (Å²) in [5.74, 6) is 0.822. The van der Waals surface area contributed by atoms with E-state index in [9.17, 15) is 5.11 Å². The van der Waals surface area contributed by atoms with Gasteiger partial charge in [-0.3, -0.25) is 0 Å². The molecule has 0 heterocycles. The normalized spacial score (nSPS) is 19.4. The first-order chi connectivity index (χ1) is 14.7. The largest absolute Gasteiger partial charge is 0.497 e. The molecule has 3 aromatic rings. The highest BCUT2D eigenvalue weighted by Crippen LogP contribution is 2.50. The minimum absolute atomic E-state index is 0.159. The van der Waals surface area contributed by atoms with Crippen LogP contribution in [0.5, 0.6) is 5.75 Å². The third-order valence-corrected chi connectivity index (χ3v) is 7.12. The Morgan fingerprint density at radius 3 is 1.83 bits per heavy atom. The van der Waals surface area contributed by atoms with E-state index < -0.39 is 10.9 Å². The predicted octanol–water partition coefficient (Wildman–Crippen LogP) is 5.96. The van der Waals surface area contributed by atoms with E-state index in [0.717, 1.165) is 48.1 Å². The van der Waals surface area contributed by atoms with Crippen molar-refractivity contribution >= 4 is 12.0 Å². The fourth-order valence-electron chi connectivity index (χ4n) is 4.14. The van der Waals surface area contributed by atoms with Crippen molar-refractivity contribution in [2.75, 3.05) is 7.11 Å². The summed E-state index contributed by atoms with van der Waals surface area (Å²) in [7, 11) is 1.68. The minimum atomic E-state index is -0.564. The molecule has 3 aromatic carbocycles. The Kier molecular flexibility index (Phi) is 6.78. The van der Waals surface area contributed by atoms with Crippen molar-refractivity contribution in [3.05, 3.63) is 102 Å². The van der Waals surface area contributed by atoms with E-state index >= 15 is 0 Å². The maximum atomic E-state index is 10.5. The maximum absolute atomic E-state index is 10.5. The van der Waals surface area contributed by atoms with Gasteiger partial charge in [0.1, 0.15) is 10.5 Å². The maximum Gasteiger partial charge on any atom is 0.118 e. The lowest BCUT2D eigenvalue weighted by Gasteiger charge is -2.37. The lowest BCUT2D eigenvalue weighted by Crippen LogP contribution is -2.33. The Hall–Kier alpha value is -2.27. The van der Waals surface area contributed by atoms with Crippen LogP contribution in [0.1, 0.15) is 42.4 Å². The number of hydrogen-bond donors (Lipinski definition) is 1. The smallest absolute Gasteiger partial charge is 0.118 e. The summed E-state index contributed by atoms with van der Waals surface area (Å²) in [6.07, 6.45) is 3.27. The Morgan fingerprint density at radius 1 is 0.767 bits per heavy atom. The van der Waals surface area contributed by atoms with Crippen LogP contribution < -0.4 is 4.74 Å². The number of aliphatic hydroxyl groups is 1. The Balaban J connectivity index is 1.82. The quantitative estimate of drug-likeness (QED) is 0.378. The van der Waals surface area contributed by atoms with Crippen LogP contribution >= 0.6 is 12.0 Å². The molecule has 0 aromatic heterocycles. The molecular formula is C26H28O3S. The van der Waals surface area contributed by atoms with Gasteiger partial charge in [-0.1, -0.05) is 85.6 Å². The Morgan fingerprint density at radius 2 is 1.30 bits per heavy atom. The molecule has 1 aliphatic carbocycles. The molecular weight excluding hydrogens is 392 g/mol.